The molecule has 0 bridgehead atoms. The van der Waals surface area contributed by atoms with Gasteiger partial charge in [0.15, 0.2) is 5.85 Å². The van der Waals surface area contributed by atoms with Crippen LogP contribution in [0, 0.1) is 17.3 Å². The number of ketones is 1. The van der Waals surface area contributed by atoms with Crippen LogP contribution in [0.5, 0.6) is 0 Å². The average molecular weight is 250 g/mol. The van der Waals surface area contributed by atoms with E-state index in [9.17, 15) is 14.5 Å². The Labute approximate surface area is 95.7 Å². The first-order valence-electron chi connectivity index (χ1n) is 5.12. The van der Waals surface area contributed by atoms with Crippen molar-refractivity contribution in [2.24, 2.45) is 17.3 Å². The van der Waals surface area contributed by atoms with Gasteiger partial charge in [-0.25, -0.2) is 0 Å². The third-order valence-corrected chi connectivity index (χ3v) is 5.49. The van der Waals surface area contributed by atoms with Crippen LogP contribution in [-0.4, -0.2) is 31.0 Å². The molecule has 0 amide bonds. The Hall–Kier alpha value is -0.220. The molecule has 0 saturated heterocycles. The SMILES string of the molecule is COP(=O)(OC)C(O)C1C(C(C)=O)C1(C)C. The minimum Gasteiger partial charge on any atom is -0.380 e. The summed E-state index contributed by atoms with van der Waals surface area (Å²) in [6.07, 6.45) is 0. The summed E-state index contributed by atoms with van der Waals surface area (Å²) in [7, 11) is -1.06. The van der Waals surface area contributed by atoms with Crippen molar-refractivity contribution in [1.29, 1.82) is 0 Å². The van der Waals surface area contributed by atoms with Crippen LogP contribution < -0.4 is 0 Å². The van der Waals surface area contributed by atoms with E-state index in [0.717, 1.165) is 0 Å². The van der Waals surface area contributed by atoms with Gasteiger partial charge in [0.25, 0.3) is 0 Å². The van der Waals surface area contributed by atoms with Gasteiger partial charge in [-0.2, -0.15) is 0 Å². The highest BCUT2D eigenvalue weighted by Gasteiger charge is 2.66. The molecule has 3 unspecified atom stereocenters. The van der Waals surface area contributed by atoms with E-state index >= 15 is 0 Å². The molecule has 6 heteroatoms. The molecule has 0 heterocycles. The minimum absolute atomic E-state index is 0.00666. The fourth-order valence-electron chi connectivity index (χ4n) is 2.50. The van der Waals surface area contributed by atoms with Crippen molar-refractivity contribution in [3.63, 3.8) is 0 Å². The molecule has 1 fully saturated rings. The number of aliphatic hydroxyl groups is 1. The summed E-state index contributed by atoms with van der Waals surface area (Å²) in [6, 6.07) is 0. The lowest BCUT2D eigenvalue weighted by molar-refractivity contribution is -0.119. The van der Waals surface area contributed by atoms with Gasteiger partial charge in [-0.1, -0.05) is 13.8 Å². The third kappa shape index (κ3) is 1.97. The summed E-state index contributed by atoms with van der Waals surface area (Å²) in [5.74, 6) is -1.89. The van der Waals surface area contributed by atoms with Crippen LogP contribution in [0.25, 0.3) is 0 Å². The predicted octanol–water partition coefficient (Wildman–Crippen LogP) is 1.65. The molecule has 1 saturated carbocycles. The zero-order valence-corrected chi connectivity index (χ0v) is 11.2. The van der Waals surface area contributed by atoms with Crippen LogP contribution in [0.3, 0.4) is 0 Å². The van der Waals surface area contributed by atoms with E-state index in [1.165, 1.54) is 21.1 Å². The lowest BCUT2D eigenvalue weighted by atomic mass is 10.1. The van der Waals surface area contributed by atoms with E-state index < -0.39 is 13.4 Å². The molecule has 1 rings (SSSR count). The summed E-state index contributed by atoms with van der Waals surface area (Å²) in [5, 5.41) is 10.00. The van der Waals surface area contributed by atoms with Crippen molar-refractivity contribution in [2.75, 3.05) is 14.2 Å². The highest BCUT2D eigenvalue weighted by atomic mass is 31.2. The summed E-state index contributed by atoms with van der Waals surface area (Å²) in [5.41, 5.74) is -0.349. The van der Waals surface area contributed by atoms with Crippen molar-refractivity contribution >= 4 is 13.4 Å². The molecule has 0 spiro atoms. The van der Waals surface area contributed by atoms with Crippen molar-refractivity contribution in [3.8, 4) is 0 Å². The van der Waals surface area contributed by atoms with Gasteiger partial charge in [-0.3, -0.25) is 9.36 Å². The van der Waals surface area contributed by atoms with Gasteiger partial charge in [0, 0.05) is 26.1 Å². The highest BCUT2D eigenvalue weighted by Crippen LogP contribution is 2.68. The number of aliphatic hydroxyl groups excluding tert-OH is 1. The smallest absolute Gasteiger partial charge is 0.358 e. The van der Waals surface area contributed by atoms with Gasteiger partial charge in [0.05, 0.1) is 0 Å². The predicted molar refractivity (Wildman–Crippen MR) is 59.1 cm³/mol. The Morgan fingerprint density at radius 1 is 1.38 bits per heavy atom. The normalized spacial score (nSPS) is 29.9. The first kappa shape index (κ1) is 13.8. The number of rotatable bonds is 5. The van der Waals surface area contributed by atoms with Crippen LogP contribution >= 0.6 is 7.60 Å². The second kappa shape index (κ2) is 4.22. The fraction of sp³-hybridized carbons (Fsp3) is 0.900. The van der Waals surface area contributed by atoms with Crippen LogP contribution in [-0.2, 0) is 18.4 Å². The van der Waals surface area contributed by atoms with Gasteiger partial charge < -0.3 is 14.2 Å². The van der Waals surface area contributed by atoms with Crippen molar-refractivity contribution in [2.45, 2.75) is 26.6 Å². The summed E-state index contributed by atoms with van der Waals surface area (Å²) < 4.78 is 21.5. The number of Topliss-reactive ketones (excluding diaryl/α,β-unsaturated/α-hetero) is 1. The Morgan fingerprint density at radius 3 is 2.06 bits per heavy atom. The number of carbonyl (C=O) groups is 1. The Morgan fingerprint density at radius 2 is 1.81 bits per heavy atom. The molecule has 1 N–H and O–H groups in total. The average Bonchev–Trinajstić information content (AvgIpc) is 2.79. The van der Waals surface area contributed by atoms with E-state index in [-0.39, 0.29) is 23.0 Å². The third-order valence-electron chi connectivity index (χ3n) is 3.50. The molecular weight excluding hydrogens is 231 g/mol. The van der Waals surface area contributed by atoms with Crippen molar-refractivity contribution < 1.29 is 23.5 Å². The van der Waals surface area contributed by atoms with E-state index in [1.807, 2.05) is 13.8 Å². The molecule has 5 nitrogen and oxygen atoms in total. The van der Waals surface area contributed by atoms with Crippen LogP contribution in [0.1, 0.15) is 20.8 Å². The largest absolute Gasteiger partial charge is 0.380 e. The number of carbonyl (C=O) groups excluding carboxylic acids is 1. The molecule has 0 aromatic rings. The Balaban J connectivity index is 2.89. The van der Waals surface area contributed by atoms with Crippen LogP contribution in [0.2, 0.25) is 0 Å². The lowest BCUT2D eigenvalue weighted by Crippen LogP contribution is -2.16. The molecule has 0 aromatic heterocycles. The maximum atomic E-state index is 12.0. The Bertz CT molecular complexity index is 330. The van der Waals surface area contributed by atoms with Crippen LogP contribution in [0.15, 0.2) is 0 Å². The van der Waals surface area contributed by atoms with Gasteiger partial charge in [0.2, 0.25) is 0 Å². The standard InChI is InChI=1S/C10H19O5P/c1-6(11)7-8(10(7,2)3)9(12)16(13,14-4)15-5/h7-9,12H,1-5H3. The maximum Gasteiger partial charge on any atom is 0.358 e. The molecule has 16 heavy (non-hydrogen) atoms. The summed E-state index contributed by atoms with van der Waals surface area (Å²) in [4.78, 5) is 11.4. The van der Waals surface area contributed by atoms with Gasteiger partial charge in [-0.05, 0) is 12.3 Å². The van der Waals surface area contributed by atoms with Gasteiger partial charge in [-0.15, -0.1) is 0 Å². The minimum atomic E-state index is -3.52. The zero-order valence-electron chi connectivity index (χ0n) is 10.3. The van der Waals surface area contributed by atoms with Crippen LogP contribution in [0.4, 0.5) is 0 Å². The monoisotopic (exact) mass is 250 g/mol. The number of hydrogen-bond donors (Lipinski definition) is 1. The first-order valence-corrected chi connectivity index (χ1v) is 6.73. The molecule has 94 valence electrons. The van der Waals surface area contributed by atoms with E-state index in [0.29, 0.717) is 0 Å². The molecule has 0 aromatic carbocycles. The lowest BCUT2D eigenvalue weighted by Gasteiger charge is -2.20. The second-order valence-corrected chi connectivity index (χ2v) is 7.09. The second-order valence-electron chi connectivity index (χ2n) is 4.75. The zero-order chi connectivity index (χ0) is 12.7. The Kier molecular flexibility index (Phi) is 3.65. The quantitative estimate of drug-likeness (QED) is 0.751. The summed E-state index contributed by atoms with van der Waals surface area (Å²) in [6.45, 7) is 5.20. The number of hydrogen-bond acceptors (Lipinski definition) is 5. The van der Waals surface area contributed by atoms with E-state index in [2.05, 4.69) is 0 Å². The summed E-state index contributed by atoms with van der Waals surface area (Å²) >= 11 is 0. The topological polar surface area (TPSA) is 72.8 Å². The van der Waals surface area contributed by atoms with Crippen molar-refractivity contribution in [3.05, 3.63) is 0 Å². The highest BCUT2D eigenvalue weighted by molar-refractivity contribution is 7.54. The molecule has 3 atom stereocenters. The van der Waals surface area contributed by atoms with Gasteiger partial charge >= 0.3 is 7.60 Å². The first-order chi connectivity index (χ1) is 7.22. The van der Waals surface area contributed by atoms with E-state index in [1.54, 1.807) is 0 Å². The van der Waals surface area contributed by atoms with Gasteiger partial charge in [0.1, 0.15) is 5.78 Å². The molecular formula is C10H19O5P. The van der Waals surface area contributed by atoms with E-state index in [4.69, 9.17) is 9.05 Å². The molecule has 1 aliphatic carbocycles. The fourth-order valence-corrected chi connectivity index (χ4v) is 4.03. The van der Waals surface area contributed by atoms with Crippen molar-refractivity contribution in [1.82, 2.24) is 0 Å². The molecule has 0 radical (unpaired) electrons. The molecule has 1 aliphatic rings. The molecule has 0 aliphatic heterocycles. The maximum absolute atomic E-state index is 12.0.